The number of methoxy groups -OCH3 is 1. The zero-order chi connectivity index (χ0) is 19.1. The lowest BCUT2D eigenvalue weighted by molar-refractivity contribution is 0.0924. The smallest absolute Gasteiger partial charge is 0.251 e. The van der Waals surface area contributed by atoms with Gasteiger partial charge in [-0.15, -0.1) is 11.8 Å². The van der Waals surface area contributed by atoms with Crippen molar-refractivity contribution >= 4 is 17.7 Å². The number of hydrogen-bond donors (Lipinski definition) is 1. The highest BCUT2D eigenvalue weighted by Crippen LogP contribution is 2.26. The molecule has 1 heterocycles. The van der Waals surface area contributed by atoms with E-state index in [2.05, 4.69) is 22.3 Å². The number of nitrogens with zero attached hydrogens (tertiary/aromatic N) is 1. The second-order valence-electron chi connectivity index (χ2n) is 6.82. The van der Waals surface area contributed by atoms with E-state index in [1.807, 2.05) is 42.7 Å². The number of rotatable bonds is 7. The Bertz CT molecular complexity index is 725. The third kappa shape index (κ3) is 5.27. The maximum Gasteiger partial charge on any atom is 0.251 e. The molecule has 0 aliphatic carbocycles. The van der Waals surface area contributed by atoms with E-state index in [-0.39, 0.29) is 11.9 Å². The average Bonchev–Trinajstić information content (AvgIpc) is 2.75. The fourth-order valence-corrected chi connectivity index (χ4v) is 3.96. The Labute approximate surface area is 166 Å². The van der Waals surface area contributed by atoms with Gasteiger partial charge in [0, 0.05) is 17.0 Å². The summed E-state index contributed by atoms with van der Waals surface area (Å²) in [6, 6.07) is 16.2. The molecule has 0 radical (unpaired) electrons. The van der Waals surface area contributed by atoms with E-state index < -0.39 is 0 Å². The number of likely N-dealkylation sites (tertiary alicyclic amines) is 1. The monoisotopic (exact) mass is 384 g/mol. The summed E-state index contributed by atoms with van der Waals surface area (Å²) >= 11 is 1.68. The molecular weight excluding hydrogens is 356 g/mol. The highest BCUT2D eigenvalue weighted by molar-refractivity contribution is 7.98. The van der Waals surface area contributed by atoms with Crippen LogP contribution in [0.25, 0.3) is 0 Å². The number of benzene rings is 2. The third-order valence-electron chi connectivity index (χ3n) is 5.14. The number of carbonyl (C=O) groups is 1. The Morgan fingerprint density at radius 3 is 2.33 bits per heavy atom. The molecule has 0 unspecified atom stereocenters. The van der Waals surface area contributed by atoms with Crippen LogP contribution in [0.5, 0.6) is 5.75 Å². The second-order valence-corrected chi connectivity index (χ2v) is 7.70. The number of piperidine rings is 1. The van der Waals surface area contributed by atoms with Crippen molar-refractivity contribution in [2.75, 3.05) is 33.0 Å². The molecule has 1 amide bonds. The first-order valence-electron chi connectivity index (χ1n) is 9.51. The van der Waals surface area contributed by atoms with Crippen molar-refractivity contribution in [1.29, 1.82) is 0 Å². The van der Waals surface area contributed by atoms with Crippen LogP contribution < -0.4 is 10.1 Å². The van der Waals surface area contributed by atoms with Gasteiger partial charge in [-0.2, -0.15) is 0 Å². The Morgan fingerprint density at radius 2 is 1.74 bits per heavy atom. The SMILES string of the molecule is COc1ccc([C@@H](CNC(=O)c2ccc(SC)cc2)N2CCCCC2)cc1. The summed E-state index contributed by atoms with van der Waals surface area (Å²) < 4.78 is 5.28. The van der Waals surface area contributed by atoms with Crippen molar-refractivity contribution in [3.8, 4) is 5.75 Å². The van der Waals surface area contributed by atoms with E-state index in [4.69, 9.17) is 4.74 Å². The molecule has 27 heavy (non-hydrogen) atoms. The molecule has 1 fully saturated rings. The number of nitrogens with one attached hydrogen (secondary N) is 1. The van der Waals surface area contributed by atoms with Crippen molar-refractivity contribution in [2.45, 2.75) is 30.2 Å². The lowest BCUT2D eigenvalue weighted by Crippen LogP contribution is -2.40. The molecule has 5 heteroatoms. The standard InChI is InChI=1S/C22H28N2O2S/c1-26-19-10-6-17(7-11-19)21(24-14-4-3-5-15-24)16-23-22(25)18-8-12-20(27-2)13-9-18/h6-13,21H,3-5,14-16H2,1-2H3,(H,23,25)/t21-/m1/s1. The van der Waals surface area contributed by atoms with Crippen LogP contribution in [0.3, 0.4) is 0 Å². The van der Waals surface area contributed by atoms with Crippen molar-refractivity contribution in [3.63, 3.8) is 0 Å². The van der Waals surface area contributed by atoms with Crippen molar-refractivity contribution in [3.05, 3.63) is 59.7 Å². The van der Waals surface area contributed by atoms with E-state index in [1.54, 1.807) is 18.9 Å². The molecule has 0 spiro atoms. The molecule has 1 N–H and O–H groups in total. The number of amides is 1. The van der Waals surface area contributed by atoms with Crippen LogP contribution in [0.1, 0.15) is 41.2 Å². The van der Waals surface area contributed by atoms with Gasteiger partial charge in [-0.3, -0.25) is 9.69 Å². The number of carbonyl (C=O) groups excluding carboxylic acids is 1. The minimum absolute atomic E-state index is 0.0156. The molecule has 1 saturated heterocycles. The highest BCUT2D eigenvalue weighted by atomic mass is 32.2. The van der Waals surface area contributed by atoms with Crippen LogP contribution in [0.15, 0.2) is 53.4 Å². The molecule has 0 aromatic heterocycles. The van der Waals surface area contributed by atoms with Crippen LogP contribution in [0, 0.1) is 0 Å². The van der Waals surface area contributed by atoms with E-state index in [0.717, 1.165) is 23.7 Å². The van der Waals surface area contributed by atoms with Crippen molar-refractivity contribution in [1.82, 2.24) is 10.2 Å². The molecule has 4 nitrogen and oxygen atoms in total. The summed E-state index contributed by atoms with van der Waals surface area (Å²) in [6.07, 6.45) is 5.76. The predicted octanol–water partition coefficient (Wildman–Crippen LogP) is 4.37. The molecule has 2 aromatic rings. The zero-order valence-corrected chi connectivity index (χ0v) is 16.9. The summed E-state index contributed by atoms with van der Waals surface area (Å²) in [5.41, 5.74) is 1.93. The molecule has 144 valence electrons. The summed E-state index contributed by atoms with van der Waals surface area (Å²) in [5, 5.41) is 3.14. The van der Waals surface area contributed by atoms with Crippen molar-refractivity contribution < 1.29 is 9.53 Å². The van der Waals surface area contributed by atoms with Crippen molar-refractivity contribution in [2.24, 2.45) is 0 Å². The zero-order valence-electron chi connectivity index (χ0n) is 16.1. The molecule has 0 saturated carbocycles. The van der Waals surface area contributed by atoms with Crippen LogP contribution in [0.4, 0.5) is 0 Å². The molecule has 2 aromatic carbocycles. The maximum atomic E-state index is 12.6. The first kappa shape index (κ1) is 19.8. The van der Waals surface area contributed by atoms with Gasteiger partial charge in [-0.05, 0) is 74.1 Å². The van der Waals surface area contributed by atoms with Gasteiger partial charge < -0.3 is 10.1 Å². The van der Waals surface area contributed by atoms with Gasteiger partial charge in [0.1, 0.15) is 5.75 Å². The Balaban J connectivity index is 1.70. The predicted molar refractivity (Wildman–Crippen MR) is 112 cm³/mol. The van der Waals surface area contributed by atoms with Crippen LogP contribution in [-0.2, 0) is 0 Å². The molecule has 1 aliphatic rings. The topological polar surface area (TPSA) is 41.6 Å². The third-order valence-corrected chi connectivity index (χ3v) is 5.88. The summed E-state index contributed by atoms with van der Waals surface area (Å²) in [5.74, 6) is 0.840. The van der Waals surface area contributed by atoms with Crippen LogP contribution >= 0.6 is 11.8 Å². The molecule has 1 atom stereocenters. The molecule has 3 rings (SSSR count). The minimum Gasteiger partial charge on any atom is -0.497 e. The Hall–Kier alpha value is -1.98. The molecule has 1 aliphatic heterocycles. The van der Waals surface area contributed by atoms with Gasteiger partial charge in [0.15, 0.2) is 0 Å². The molecular formula is C22H28N2O2S. The van der Waals surface area contributed by atoms with Gasteiger partial charge in [-0.25, -0.2) is 0 Å². The molecule has 0 bridgehead atoms. The van der Waals surface area contributed by atoms with Gasteiger partial charge in [-0.1, -0.05) is 18.6 Å². The summed E-state index contributed by atoms with van der Waals surface area (Å²) in [4.78, 5) is 16.3. The lowest BCUT2D eigenvalue weighted by Gasteiger charge is -2.35. The summed E-state index contributed by atoms with van der Waals surface area (Å²) in [7, 11) is 1.68. The highest BCUT2D eigenvalue weighted by Gasteiger charge is 2.23. The summed E-state index contributed by atoms with van der Waals surface area (Å²) in [6.45, 7) is 2.76. The maximum absolute atomic E-state index is 12.6. The lowest BCUT2D eigenvalue weighted by atomic mass is 10.0. The Kier molecular flexibility index (Phi) is 7.18. The van der Waals surface area contributed by atoms with E-state index in [0.29, 0.717) is 12.1 Å². The van der Waals surface area contributed by atoms with Gasteiger partial charge in [0.25, 0.3) is 5.91 Å². The second kappa shape index (κ2) is 9.81. The normalized spacial score (nSPS) is 15.9. The first-order chi connectivity index (χ1) is 13.2. The fourth-order valence-electron chi connectivity index (χ4n) is 3.55. The van der Waals surface area contributed by atoms with Crippen LogP contribution in [0.2, 0.25) is 0 Å². The number of ether oxygens (including phenoxy) is 1. The number of hydrogen-bond acceptors (Lipinski definition) is 4. The quantitative estimate of drug-likeness (QED) is 0.720. The number of thioether (sulfide) groups is 1. The average molecular weight is 385 g/mol. The largest absolute Gasteiger partial charge is 0.497 e. The van der Waals surface area contributed by atoms with Gasteiger partial charge in [0.05, 0.1) is 13.2 Å². The first-order valence-corrected chi connectivity index (χ1v) is 10.7. The van der Waals surface area contributed by atoms with E-state index in [9.17, 15) is 4.79 Å². The minimum atomic E-state index is -0.0156. The fraction of sp³-hybridized carbons (Fsp3) is 0.409. The Morgan fingerprint density at radius 1 is 1.07 bits per heavy atom. The van der Waals surface area contributed by atoms with E-state index in [1.165, 1.54) is 24.8 Å². The van der Waals surface area contributed by atoms with E-state index >= 15 is 0 Å². The van der Waals surface area contributed by atoms with Crippen LogP contribution in [-0.4, -0.2) is 43.8 Å². The van der Waals surface area contributed by atoms with Gasteiger partial charge in [0.2, 0.25) is 0 Å². The van der Waals surface area contributed by atoms with Gasteiger partial charge >= 0.3 is 0 Å².